The first-order valence-electron chi connectivity index (χ1n) is 11.4. The van der Waals surface area contributed by atoms with Crippen molar-refractivity contribution in [1.29, 1.82) is 0 Å². The second-order valence-corrected chi connectivity index (χ2v) is 9.86. The highest BCUT2D eigenvalue weighted by atomic mass is 35.5. The monoisotopic (exact) mass is 509 g/mol. The maximum atomic E-state index is 13.1. The van der Waals surface area contributed by atoms with Gasteiger partial charge in [-0.25, -0.2) is 0 Å². The summed E-state index contributed by atoms with van der Waals surface area (Å²) in [7, 11) is 0. The molecule has 180 valence electrons. The summed E-state index contributed by atoms with van der Waals surface area (Å²) in [5, 5.41) is 1.24. The molecule has 2 saturated heterocycles. The average molecular weight is 510 g/mol. The molecule has 3 amide bonds. The molecule has 0 aliphatic carbocycles. The quantitative estimate of drug-likeness (QED) is 0.472. The summed E-state index contributed by atoms with van der Waals surface area (Å²) in [6.45, 7) is 4.18. The Balaban J connectivity index is 1.45. The lowest BCUT2D eigenvalue weighted by Crippen LogP contribution is -2.46. The van der Waals surface area contributed by atoms with E-state index < -0.39 is 11.1 Å². The van der Waals surface area contributed by atoms with Gasteiger partial charge in [0, 0.05) is 46.8 Å². The van der Waals surface area contributed by atoms with Gasteiger partial charge in [-0.2, -0.15) is 0 Å². The van der Waals surface area contributed by atoms with Gasteiger partial charge in [0.05, 0.1) is 18.1 Å². The van der Waals surface area contributed by atoms with Crippen molar-refractivity contribution in [2.45, 2.75) is 13.5 Å². The van der Waals surface area contributed by atoms with E-state index in [-0.39, 0.29) is 12.5 Å². The number of hydrogen-bond donors (Lipinski definition) is 0. The van der Waals surface area contributed by atoms with Gasteiger partial charge in [0.25, 0.3) is 11.1 Å². The number of carbonyl (C=O) groups is 3. The Morgan fingerprint density at radius 3 is 2.57 bits per heavy atom. The number of fused-ring (bicyclic) bond motifs is 1. The van der Waals surface area contributed by atoms with Gasteiger partial charge in [-0.15, -0.1) is 0 Å². The summed E-state index contributed by atoms with van der Waals surface area (Å²) in [6.07, 6.45) is 1.77. The van der Waals surface area contributed by atoms with Crippen LogP contribution in [0.3, 0.4) is 0 Å². The number of carbonyl (C=O) groups excluding carboxylic acids is 3. The van der Waals surface area contributed by atoms with Crippen molar-refractivity contribution in [3.8, 4) is 0 Å². The van der Waals surface area contributed by atoms with Gasteiger partial charge in [-0.05, 0) is 42.5 Å². The molecule has 0 atom stereocenters. The van der Waals surface area contributed by atoms with Crippen LogP contribution in [0.15, 0.2) is 53.4 Å². The van der Waals surface area contributed by atoms with Gasteiger partial charge in [0.15, 0.2) is 0 Å². The molecule has 7 nitrogen and oxygen atoms in total. The van der Waals surface area contributed by atoms with Crippen LogP contribution >= 0.6 is 23.4 Å². The van der Waals surface area contributed by atoms with E-state index in [4.69, 9.17) is 16.3 Å². The first kappa shape index (κ1) is 23.7. The fourth-order valence-electron chi connectivity index (χ4n) is 4.46. The Hall–Kier alpha value is -3.07. The summed E-state index contributed by atoms with van der Waals surface area (Å²) in [5.74, 6) is -0.687. The number of morpholine rings is 1. The van der Waals surface area contributed by atoms with Crippen LogP contribution in [0.5, 0.6) is 0 Å². The number of hydrogen-bond acceptors (Lipinski definition) is 5. The van der Waals surface area contributed by atoms with E-state index in [1.165, 1.54) is 0 Å². The number of para-hydroxylation sites is 1. The van der Waals surface area contributed by atoms with E-state index in [1.807, 2.05) is 55.5 Å². The number of halogens is 1. The van der Waals surface area contributed by atoms with Crippen LogP contribution in [-0.2, 0) is 20.9 Å². The molecule has 0 bridgehead atoms. The first-order valence-corrected chi connectivity index (χ1v) is 12.6. The third-order valence-electron chi connectivity index (χ3n) is 6.37. The van der Waals surface area contributed by atoms with Crippen molar-refractivity contribution in [2.75, 3.05) is 32.8 Å². The molecule has 2 aromatic carbocycles. The summed E-state index contributed by atoms with van der Waals surface area (Å²) in [6, 6.07) is 15.7. The second kappa shape index (κ2) is 9.89. The van der Waals surface area contributed by atoms with E-state index in [0.29, 0.717) is 42.8 Å². The van der Waals surface area contributed by atoms with Crippen LogP contribution < -0.4 is 0 Å². The smallest absolute Gasteiger partial charge is 0.294 e. The molecule has 2 aliphatic rings. The molecule has 0 N–H and O–H groups in total. The zero-order valence-corrected chi connectivity index (χ0v) is 20.8. The highest BCUT2D eigenvalue weighted by Crippen LogP contribution is 2.36. The molecule has 2 aliphatic heterocycles. The lowest BCUT2D eigenvalue weighted by molar-refractivity contribution is -0.139. The van der Waals surface area contributed by atoms with Crippen LogP contribution in [0, 0.1) is 6.92 Å². The number of aromatic nitrogens is 1. The molecular weight excluding hydrogens is 486 g/mol. The van der Waals surface area contributed by atoms with Crippen LogP contribution in [0.2, 0.25) is 5.02 Å². The molecule has 9 heteroatoms. The Labute approximate surface area is 212 Å². The second-order valence-electron chi connectivity index (χ2n) is 8.45. The molecular formula is C26H24ClN3O4S. The Morgan fingerprint density at radius 2 is 1.80 bits per heavy atom. The lowest BCUT2D eigenvalue weighted by Gasteiger charge is -2.28. The SMILES string of the molecule is Cc1c(/C=C2/SC(=O)N(CC(=O)N3CCOCC3)C2=O)c2ccccc2n1Cc1ccccc1Cl. The van der Waals surface area contributed by atoms with Gasteiger partial charge in [0.2, 0.25) is 5.91 Å². The fraction of sp³-hybridized carbons (Fsp3) is 0.269. The zero-order chi connectivity index (χ0) is 24.5. The minimum Gasteiger partial charge on any atom is -0.378 e. The molecule has 35 heavy (non-hydrogen) atoms. The fourth-order valence-corrected chi connectivity index (χ4v) is 5.47. The Morgan fingerprint density at radius 1 is 1.09 bits per heavy atom. The number of thioether (sulfide) groups is 1. The third-order valence-corrected chi connectivity index (χ3v) is 7.65. The van der Waals surface area contributed by atoms with Crippen molar-refractivity contribution in [1.82, 2.24) is 14.4 Å². The maximum Gasteiger partial charge on any atom is 0.294 e. The van der Waals surface area contributed by atoms with Crippen molar-refractivity contribution in [3.05, 3.63) is 75.3 Å². The molecule has 3 heterocycles. The zero-order valence-electron chi connectivity index (χ0n) is 19.2. The summed E-state index contributed by atoms with van der Waals surface area (Å²) < 4.78 is 7.44. The minimum absolute atomic E-state index is 0.246. The van der Waals surface area contributed by atoms with Crippen LogP contribution in [0.4, 0.5) is 4.79 Å². The van der Waals surface area contributed by atoms with E-state index >= 15 is 0 Å². The predicted octanol–water partition coefficient (Wildman–Crippen LogP) is 4.55. The number of imide groups is 1. The summed E-state index contributed by atoms with van der Waals surface area (Å²) in [5.41, 5.74) is 3.84. The minimum atomic E-state index is -0.441. The highest BCUT2D eigenvalue weighted by Gasteiger charge is 2.37. The number of benzene rings is 2. The summed E-state index contributed by atoms with van der Waals surface area (Å²) >= 11 is 7.29. The highest BCUT2D eigenvalue weighted by molar-refractivity contribution is 8.18. The van der Waals surface area contributed by atoms with Crippen molar-refractivity contribution < 1.29 is 19.1 Å². The van der Waals surface area contributed by atoms with Crippen molar-refractivity contribution in [2.24, 2.45) is 0 Å². The number of nitrogens with zero attached hydrogens (tertiary/aromatic N) is 3. The van der Waals surface area contributed by atoms with E-state index in [2.05, 4.69) is 4.57 Å². The molecule has 3 aromatic rings. The Bertz CT molecular complexity index is 1360. The molecule has 0 radical (unpaired) electrons. The predicted molar refractivity (Wildman–Crippen MR) is 137 cm³/mol. The van der Waals surface area contributed by atoms with Crippen LogP contribution in [-0.4, -0.2) is 64.3 Å². The molecule has 5 rings (SSSR count). The lowest BCUT2D eigenvalue weighted by atomic mass is 10.1. The van der Waals surface area contributed by atoms with Gasteiger partial charge in [0.1, 0.15) is 6.54 Å². The molecule has 0 spiro atoms. The van der Waals surface area contributed by atoms with Gasteiger partial charge in [-0.1, -0.05) is 48.0 Å². The third kappa shape index (κ3) is 4.61. The number of ether oxygens (including phenoxy) is 1. The van der Waals surface area contributed by atoms with E-state index in [1.54, 1.807) is 11.0 Å². The van der Waals surface area contributed by atoms with Gasteiger partial charge >= 0.3 is 0 Å². The largest absolute Gasteiger partial charge is 0.378 e. The topological polar surface area (TPSA) is 71.9 Å². The van der Waals surface area contributed by atoms with Gasteiger partial charge in [-0.3, -0.25) is 19.3 Å². The van der Waals surface area contributed by atoms with E-state index in [9.17, 15) is 14.4 Å². The van der Waals surface area contributed by atoms with Crippen LogP contribution in [0.1, 0.15) is 16.8 Å². The summed E-state index contributed by atoms with van der Waals surface area (Å²) in [4.78, 5) is 41.4. The number of amides is 3. The molecule has 0 saturated carbocycles. The van der Waals surface area contributed by atoms with E-state index in [0.717, 1.165) is 44.4 Å². The standard InChI is InChI=1S/C26H24ClN3O4S/c1-17-20(19-7-3-5-9-22(19)29(17)15-18-6-2-4-8-21(18)27)14-23-25(32)30(26(33)35-23)16-24(31)28-10-12-34-13-11-28/h2-9,14H,10-13,15-16H2,1H3/b23-14+. The van der Waals surface area contributed by atoms with Gasteiger partial charge < -0.3 is 14.2 Å². The maximum absolute atomic E-state index is 13.1. The first-order chi connectivity index (χ1) is 16.9. The van der Waals surface area contributed by atoms with Crippen LogP contribution in [0.25, 0.3) is 17.0 Å². The normalized spacial score (nSPS) is 17.7. The molecule has 0 unspecified atom stereocenters. The average Bonchev–Trinajstić information content (AvgIpc) is 3.29. The van der Waals surface area contributed by atoms with Crippen molar-refractivity contribution >= 4 is 57.4 Å². The molecule has 2 fully saturated rings. The van der Waals surface area contributed by atoms with Crippen molar-refractivity contribution in [3.63, 3.8) is 0 Å². The Kier molecular flexibility index (Phi) is 6.69. The number of rotatable bonds is 5. The molecule has 1 aromatic heterocycles.